The topological polar surface area (TPSA) is 80.5 Å². The molecule has 1 aromatic carbocycles. The Labute approximate surface area is 111 Å². The number of halogens is 1. The van der Waals surface area contributed by atoms with E-state index in [1.165, 1.54) is 25.1 Å². The number of benzene rings is 1. The first-order chi connectivity index (χ1) is 8.21. The van der Waals surface area contributed by atoms with Crippen LogP contribution < -0.4 is 5.73 Å². The Morgan fingerprint density at radius 3 is 2.56 bits per heavy atom. The molecule has 18 heavy (non-hydrogen) atoms. The molecule has 1 amide bonds. The summed E-state index contributed by atoms with van der Waals surface area (Å²) in [6.45, 7) is 0. The van der Waals surface area contributed by atoms with Gasteiger partial charge >= 0.3 is 0 Å². The van der Waals surface area contributed by atoms with Gasteiger partial charge in [-0.2, -0.15) is 0 Å². The number of rotatable bonds is 4. The zero-order chi connectivity index (χ0) is 13.9. The average Bonchev–Trinajstić information content (AvgIpc) is 2.22. The third-order valence-electron chi connectivity index (χ3n) is 2.32. The van der Waals surface area contributed by atoms with E-state index >= 15 is 0 Å². The highest BCUT2D eigenvalue weighted by Gasteiger charge is 2.19. The number of amides is 1. The molecule has 0 heterocycles. The Kier molecular flexibility index (Phi) is 4.59. The van der Waals surface area contributed by atoms with E-state index in [1.54, 1.807) is 12.1 Å². The van der Waals surface area contributed by atoms with Crippen LogP contribution in [-0.4, -0.2) is 39.1 Å². The highest BCUT2D eigenvalue weighted by molar-refractivity contribution is 7.91. The van der Waals surface area contributed by atoms with Crippen LogP contribution in [0.5, 0.6) is 0 Å². The fourth-order valence-corrected chi connectivity index (χ4v) is 2.96. The van der Waals surface area contributed by atoms with Crippen LogP contribution in [0.15, 0.2) is 18.2 Å². The van der Waals surface area contributed by atoms with Crippen molar-refractivity contribution in [3.05, 3.63) is 28.8 Å². The quantitative estimate of drug-likeness (QED) is 0.836. The molecule has 5 nitrogen and oxygen atoms in total. The summed E-state index contributed by atoms with van der Waals surface area (Å²) in [7, 11) is -0.537. The molecule has 2 N–H and O–H groups in total. The van der Waals surface area contributed by atoms with Gasteiger partial charge in [-0.3, -0.25) is 4.79 Å². The van der Waals surface area contributed by atoms with E-state index in [2.05, 4.69) is 0 Å². The number of hydrogen-bond acceptors (Lipinski definition) is 4. The van der Waals surface area contributed by atoms with Crippen LogP contribution in [0.25, 0.3) is 0 Å². The fraction of sp³-hybridized carbons (Fsp3) is 0.364. The van der Waals surface area contributed by atoms with Gasteiger partial charge in [-0.05, 0) is 23.8 Å². The summed E-state index contributed by atoms with van der Waals surface area (Å²) in [6.07, 6.45) is 0. The van der Waals surface area contributed by atoms with Gasteiger partial charge in [0, 0.05) is 24.8 Å². The first kappa shape index (κ1) is 14.8. The normalized spacial score (nSPS) is 11.3. The van der Waals surface area contributed by atoms with Crippen LogP contribution in [0.4, 0.5) is 5.69 Å². The van der Waals surface area contributed by atoms with Crippen LogP contribution in [-0.2, 0) is 20.4 Å². The fourth-order valence-electron chi connectivity index (χ4n) is 1.30. The van der Waals surface area contributed by atoms with Crippen molar-refractivity contribution in [2.75, 3.05) is 25.6 Å². The minimum absolute atomic E-state index is 0.293. The maximum atomic E-state index is 11.8. The number of nitrogens with zero attached hydrogens (tertiary/aromatic N) is 1. The van der Waals surface area contributed by atoms with E-state index < -0.39 is 21.5 Å². The monoisotopic (exact) mass is 290 g/mol. The van der Waals surface area contributed by atoms with Crippen molar-refractivity contribution in [1.29, 1.82) is 0 Å². The second-order valence-electron chi connectivity index (χ2n) is 4.16. The molecule has 0 bridgehead atoms. The van der Waals surface area contributed by atoms with Crippen LogP contribution in [0.3, 0.4) is 0 Å². The summed E-state index contributed by atoms with van der Waals surface area (Å²) in [4.78, 5) is 12.6. The van der Waals surface area contributed by atoms with Gasteiger partial charge in [0.2, 0.25) is 5.91 Å². The second-order valence-corrected chi connectivity index (χ2v) is 6.66. The van der Waals surface area contributed by atoms with E-state index in [0.717, 1.165) is 0 Å². The number of nitrogen functional groups attached to an aromatic ring is 1. The molecule has 0 unspecified atom stereocenters. The lowest BCUT2D eigenvalue weighted by atomic mass is 10.2. The molecule has 0 aliphatic rings. The lowest BCUT2D eigenvalue weighted by Crippen LogP contribution is -2.29. The van der Waals surface area contributed by atoms with Crippen molar-refractivity contribution in [1.82, 2.24) is 4.90 Å². The zero-order valence-corrected chi connectivity index (χ0v) is 11.8. The van der Waals surface area contributed by atoms with E-state index in [9.17, 15) is 13.2 Å². The smallest absolute Gasteiger partial charge is 0.237 e. The molecule has 1 aromatic rings. The second kappa shape index (κ2) is 5.58. The summed E-state index contributed by atoms with van der Waals surface area (Å²) in [5, 5.41) is 0.410. The number of carbonyl (C=O) groups is 1. The van der Waals surface area contributed by atoms with E-state index in [1.807, 2.05) is 0 Å². The minimum Gasteiger partial charge on any atom is -0.398 e. The van der Waals surface area contributed by atoms with Gasteiger partial charge in [0.1, 0.15) is 5.75 Å². The molecular formula is C11H15ClN2O3S. The van der Waals surface area contributed by atoms with Crippen molar-refractivity contribution >= 4 is 33.0 Å². The standard InChI is InChI=1S/C11H15ClN2O3S/c1-14(2)11(15)7-18(16,17)6-8-5-9(12)3-4-10(8)13/h3-5H,6-7,13H2,1-2H3. The number of nitrogens with two attached hydrogens (primary N) is 1. The Balaban J connectivity index is 2.89. The van der Waals surface area contributed by atoms with Crippen LogP contribution in [0, 0.1) is 0 Å². The molecule has 7 heteroatoms. The van der Waals surface area contributed by atoms with E-state index in [0.29, 0.717) is 16.3 Å². The van der Waals surface area contributed by atoms with Crippen molar-refractivity contribution in [2.45, 2.75) is 5.75 Å². The summed E-state index contributed by atoms with van der Waals surface area (Å²) >= 11 is 5.78. The van der Waals surface area contributed by atoms with Gasteiger partial charge in [-0.15, -0.1) is 0 Å². The van der Waals surface area contributed by atoms with Crippen molar-refractivity contribution in [2.24, 2.45) is 0 Å². The van der Waals surface area contributed by atoms with Gasteiger partial charge in [0.05, 0.1) is 5.75 Å². The Hall–Kier alpha value is -1.27. The number of carbonyl (C=O) groups excluding carboxylic acids is 1. The van der Waals surface area contributed by atoms with Gasteiger partial charge in [-0.25, -0.2) is 8.42 Å². The average molecular weight is 291 g/mol. The van der Waals surface area contributed by atoms with Crippen LogP contribution >= 0.6 is 11.6 Å². The molecule has 100 valence electrons. The third kappa shape index (κ3) is 4.19. The van der Waals surface area contributed by atoms with Gasteiger partial charge in [0.25, 0.3) is 0 Å². The first-order valence-electron chi connectivity index (χ1n) is 5.16. The third-order valence-corrected chi connectivity index (χ3v) is 4.00. The lowest BCUT2D eigenvalue weighted by Gasteiger charge is -2.11. The van der Waals surface area contributed by atoms with Crippen molar-refractivity contribution < 1.29 is 13.2 Å². The summed E-state index contributed by atoms with van der Waals surface area (Å²) in [6, 6.07) is 4.62. The molecule has 1 rings (SSSR count). The maximum Gasteiger partial charge on any atom is 0.237 e. The molecule has 0 fully saturated rings. The molecule has 0 spiro atoms. The largest absolute Gasteiger partial charge is 0.398 e. The summed E-state index contributed by atoms with van der Waals surface area (Å²) in [5.41, 5.74) is 6.43. The summed E-state index contributed by atoms with van der Waals surface area (Å²) in [5.74, 6) is -1.29. The number of sulfone groups is 1. The Bertz CT molecular complexity index is 555. The molecule has 0 aliphatic carbocycles. The molecule has 0 saturated carbocycles. The predicted molar refractivity (Wildman–Crippen MR) is 72.0 cm³/mol. The maximum absolute atomic E-state index is 11.8. The van der Waals surface area contributed by atoms with Gasteiger partial charge in [-0.1, -0.05) is 11.6 Å². The minimum atomic E-state index is -3.55. The van der Waals surface area contributed by atoms with Crippen LogP contribution in [0.1, 0.15) is 5.56 Å². The first-order valence-corrected chi connectivity index (χ1v) is 7.35. The molecular weight excluding hydrogens is 276 g/mol. The Morgan fingerprint density at radius 2 is 2.00 bits per heavy atom. The highest BCUT2D eigenvalue weighted by Crippen LogP contribution is 2.20. The van der Waals surface area contributed by atoms with Gasteiger partial charge < -0.3 is 10.6 Å². The van der Waals surface area contributed by atoms with Gasteiger partial charge in [0.15, 0.2) is 9.84 Å². The molecule has 0 atom stereocenters. The number of hydrogen-bond donors (Lipinski definition) is 1. The number of anilines is 1. The lowest BCUT2D eigenvalue weighted by molar-refractivity contribution is -0.125. The van der Waals surface area contributed by atoms with E-state index in [-0.39, 0.29) is 5.75 Å². The highest BCUT2D eigenvalue weighted by atomic mass is 35.5. The Morgan fingerprint density at radius 1 is 1.39 bits per heavy atom. The SMILES string of the molecule is CN(C)C(=O)CS(=O)(=O)Cc1cc(Cl)ccc1N. The predicted octanol–water partition coefficient (Wildman–Crippen LogP) is 0.925. The van der Waals surface area contributed by atoms with Crippen molar-refractivity contribution in [3.8, 4) is 0 Å². The summed E-state index contributed by atoms with van der Waals surface area (Å²) < 4.78 is 23.7. The zero-order valence-electron chi connectivity index (χ0n) is 10.2. The molecule has 0 saturated heterocycles. The van der Waals surface area contributed by atoms with Crippen molar-refractivity contribution in [3.63, 3.8) is 0 Å². The molecule has 0 radical (unpaired) electrons. The molecule has 0 aromatic heterocycles. The van der Waals surface area contributed by atoms with Crippen LogP contribution in [0.2, 0.25) is 5.02 Å². The van der Waals surface area contributed by atoms with E-state index in [4.69, 9.17) is 17.3 Å². The molecule has 0 aliphatic heterocycles.